The molecule has 0 aliphatic heterocycles. The predicted octanol–water partition coefficient (Wildman–Crippen LogP) is 2.25. The van der Waals surface area contributed by atoms with E-state index in [9.17, 15) is 9.18 Å². The molecule has 0 fully saturated rings. The average molecular weight is 318 g/mol. The molecule has 0 unspecified atom stereocenters. The van der Waals surface area contributed by atoms with Crippen molar-refractivity contribution in [2.24, 2.45) is 0 Å². The van der Waals surface area contributed by atoms with Crippen LogP contribution in [0.5, 0.6) is 0 Å². The van der Waals surface area contributed by atoms with E-state index in [0.717, 1.165) is 13.0 Å². The molecule has 122 valence electrons. The zero-order valence-corrected chi connectivity index (χ0v) is 12.9. The highest BCUT2D eigenvalue weighted by atomic mass is 19.1. The molecule has 2 N–H and O–H groups in total. The quantitative estimate of drug-likeness (QED) is 0.730. The van der Waals surface area contributed by atoms with Gasteiger partial charge in [-0.3, -0.25) is 4.79 Å². The fraction of sp³-hybridized carbons (Fsp3) is 0.312. The summed E-state index contributed by atoms with van der Waals surface area (Å²) in [6.07, 6.45) is 0.945. The molecule has 0 radical (unpaired) electrons. The Morgan fingerprint density at radius 2 is 2.00 bits per heavy atom. The molecular weight excluding hydrogens is 299 g/mol. The highest BCUT2D eigenvalue weighted by Crippen LogP contribution is 2.08. The molecule has 7 heteroatoms. The van der Waals surface area contributed by atoms with Gasteiger partial charge in [0, 0.05) is 20.3 Å². The maximum Gasteiger partial charge on any atom is 0.229 e. The van der Waals surface area contributed by atoms with Gasteiger partial charge in [0.25, 0.3) is 0 Å². The van der Waals surface area contributed by atoms with Crippen molar-refractivity contribution in [3.8, 4) is 0 Å². The number of carbonyl (C=O) groups is 1. The van der Waals surface area contributed by atoms with Crippen molar-refractivity contribution >= 4 is 17.5 Å². The summed E-state index contributed by atoms with van der Waals surface area (Å²) < 4.78 is 18.0. The Morgan fingerprint density at radius 1 is 1.22 bits per heavy atom. The lowest BCUT2D eigenvalue weighted by atomic mass is 10.1. The summed E-state index contributed by atoms with van der Waals surface area (Å²) in [5.41, 5.74) is 0.604. The maximum atomic E-state index is 13.1. The Balaban J connectivity index is 1.81. The van der Waals surface area contributed by atoms with Gasteiger partial charge in [-0.15, -0.1) is 10.2 Å². The number of nitrogens with one attached hydrogen (secondary N) is 2. The molecule has 0 spiro atoms. The van der Waals surface area contributed by atoms with E-state index in [2.05, 4.69) is 20.8 Å². The van der Waals surface area contributed by atoms with Crippen molar-refractivity contribution in [1.82, 2.24) is 10.2 Å². The molecule has 1 aromatic heterocycles. The van der Waals surface area contributed by atoms with Crippen molar-refractivity contribution in [1.29, 1.82) is 0 Å². The molecule has 0 atom stereocenters. The van der Waals surface area contributed by atoms with E-state index in [1.54, 1.807) is 31.4 Å². The van der Waals surface area contributed by atoms with Gasteiger partial charge in [0.15, 0.2) is 5.82 Å². The number of ether oxygens (including phenoxy) is 1. The monoisotopic (exact) mass is 318 g/mol. The normalized spacial score (nSPS) is 10.3. The molecule has 6 nitrogen and oxygen atoms in total. The van der Waals surface area contributed by atoms with Crippen LogP contribution in [0.15, 0.2) is 36.4 Å². The van der Waals surface area contributed by atoms with E-state index in [1.807, 2.05) is 0 Å². The molecule has 1 heterocycles. The molecule has 2 rings (SSSR count). The first-order chi connectivity index (χ1) is 11.2. The number of hydrogen-bond donors (Lipinski definition) is 2. The van der Waals surface area contributed by atoms with Crippen LogP contribution in [0.1, 0.15) is 12.0 Å². The van der Waals surface area contributed by atoms with Crippen molar-refractivity contribution in [2.75, 3.05) is 30.9 Å². The number of methoxy groups -OCH3 is 1. The first kappa shape index (κ1) is 16.8. The van der Waals surface area contributed by atoms with Crippen molar-refractivity contribution < 1.29 is 13.9 Å². The molecule has 23 heavy (non-hydrogen) atoms. The van der Waals surface area contributed by atoms with E-state index in [-0.39, 0.29) is 18.1 Å². The molecule has 0 saturated heterocycles. The predicted molar refractivity (Wildman–Crippen MR) is 85.7 cm³/mol. The summed E-state index contributed by atoms with van der Waals surface area (Å²) in [5.74, 6) is 0.350. The van der Waals surface area contributed by atoms with Crippen LogP contribution in [0.2, 0.25) is 0 Å². The SMILES string of the molecule is COCCCNc1ccc(NC(=O)Cc2cccc(F)c2)nn1. The molecule has 0 aliphatic carbocycles. The van der Waals surface area contributed by atoms with E-state index < -0.39 is 0 Å². The first-order valence-corrected chi connectivity index (χ1v) is 7.28. The summed E-state index contributed by atoms with van der Waals surface area (Å²) in [5, 5.41) is 13.6. The Labute approximate surface area is 134 Å². The largest absolute Gasteiger partial charge is 0.385 e. The summed E-state index contributed by atoms with van der Waals surface area (Å²) in [7, 11) is 1.65. The number of benzene rings is 1. The summed E-state index contributed by atoms with van der Waals surface area (Å²) >= 11 is 0. The minimum absolute atomic E-state index is 0.0798. The molecule has 1 aromatic carbocycles. The summed E-state index contributed by atoms with van der Waals surface area (Å²) in [6, 6.07) is 9.33. The molecule has 0 bridgehead atoms. The second-order valence-corrected chi connectivity index (χ2v) is 4.93. The van der Waals surface area contributed by atoms with Gasteiger partial charge in [0.05, 0.1) is 6.42 Å². The van der Waals surface area contributed by atoms with Gasteiger partial charge in [-0.2, -0.15) is 0 Å². The zero-order valence-electron chi connectivity index (χ0n) is 12.9. The Kier molecular flexibility index (Phi) is 6.43. The van der Waals surface area contributed by atoms with Crippen LogP contribution >= 0.6 is 0 Å². The lowest BCUT2D eigenvalue weighted by molar-refractivity contribution is -0.115. The van der Waals surface area contributed by atoms with E-state index in [4.69, 9.17) is 4.74 Å². The fourth-order valence-corrected chi connectivity index (χ4v) is 1.95. The van der Waals surface area contributed by atoms with Gasteiger partial charge in [0.2, 0.25) is 5.91 Å². The number of rotatable bonds is 8. The van der Waals surface area contributed by atoms with Crippen LogP contribution in [-0.2, 0) is 16.0 Å². The highest BCUT2D eigenvalue weighted by molar-refractivity contribution is 5.91. The molecule has 2 aromatic rings. The highest BCUT2D eigenvalue weighted by Gasteiger charge is 2.06. The van der Waals surface area contributed by atoms with Gasteiger partial charge in [0.1, 0.15) is 11.6 Å². The average Bonchev–Trinajstić information content (AvgIpc) is 2.53. The number of hydrogen-bond acceptors (Lipinski definition) is 5. The van der Waals surface area contributed by atoms with E-state index in [1.165, 1.54) is 12.1 Å². The molecular formula is C16H19FN4O2. The minimum atomic E-state index is -0.362. The third-order valence-electron chi connectivity index (χ3n) is 3.02. The Morgan fingerprint density at radius 3 is 2.70 bits per heavy atom. The Hall–Kier alpha value is -2.54. The van der Waals surface area contributed by atoms with Gasteiger partial charge < -0.3 is 15.4 Å². The fourth-order valence-electron chi connectivity index (χ4n) is 1.95. The Bertz CT molecular complexity index is 634. The maximum absolute atomic E-state index is 13.1. The summed E-state index contributed by atoms with van der Waals surface area (Å²) in [4.78, 5) is 11.9. The van der Waals surface area contributed by atoms with E-state index in [0.29, 0.717) is 23.8 Å². The zero-order chi connectivity index (χ0) is 16.5. The molecule has 1 amide bonds. The van der Waals surface area contributed by atoms with Gasteiger partial charge >= 0.3 is 0 Å². The van der Waals surface area contributed by atoms with Gasteiger partial charge in [-0.05, 0) is 36.2 Å². The second kappa shape index (κ2) is 8.79. The second-order valence-electron chi connectivity index (χ2n) is 4.93. The smallest absolute Gasteiger partial charge is 0.229 e. The van der Waals surface area contributed by atoms with Crippen LogP contribution in [0.4, 0.5) is 16.0 Å². The third-order valence-corrected chi connectivity index (χ3v) is 3.02. The minimum Gasteiger partial charge on any atom is -0.385 e. The molecule has 0 aliphatic rings. The number of anilines is 2. The van der Waals surface area contributed by atoms with Crippen molar-refractivity contribution in [3.63, 3.8) is 0 Å². The van der Waals surface area contributed by atoms with Gasteiger partial charge in [-0.1, -0.05) is 12.1 Å². The van der Waals surface area contributed by atoms with Crippen LogP contribution in [-0.4, -0.2) is 36.4 Å². The van der Waals surface area contributed by atoms with E-state index >= 15 is 0 Å². The first-order valence-electron chi connectivity index (χ1n) is 7.28. The number of carbonyl (C=O) groups excluding carboxylic acids is 1. The van der Waals surface area contributed by atoms with Gasteiger partial charge in [-0.25, -0.2) is 4.39 Å². The summed E-state index contributed by atoms with van der Waals surface area (Å²) in [6.45, 7) is 1.41. The lowest BCUT2D eigenvalue weighted by Gasteiger charge is -2.06. The van der Waals surface area contributed by atoms with Crippen LogP contribution < -0.4 is 10.6 Å². The molecule has 0 saturated carbocycles. The lowest BCUT2D eigenvalue weighted by Crippen LogP contribution is -2.16. The number of halogens is 1. The van der Waals surface area contributed by atoms with Crippen molar-refractivity contribution in [3.05, 3.63) is 47.8 Å². The standard InChI is InChI=1S/C16H19FN4O2/c1-23-9-3-8-18-14-6-7-15(21-20-14)19-16(22)11-12-4-2-5-13(17)10-12/h2,4-7,10H,3,8-9,11H2,1H3,(H,18,20)(H,19,21,22). The number of aromatic nitrogens is 2. The van der Waals surface area contributed by atoms with Crippen LogP contribution in [0, 0.1) is 5.82 Å². The van der Waals surface area contributed by atoms with Crippen LogP contribution in [0.3, 0.4) is 0 Å². The third kappa shape index (κ3) is 5.99. The number of nitrogens with zero attached hydrogens (tertiary/aromatic N) is 2. The number of amides is 1. The van der Waals surface area contributed by atoms with Crippen LogP contribution in [0.25, 0.3) is 0 Å². The van der Waals surface area contributed by atoms with Crippen molar-refractivity contribution in [2.45, 2.75) is 12.8 Å². The topological polar surface area (TPSA) is 76.1 Å².